The molecule has 0 aliphatic carbocycles. The topological polar surface area (TPSA) is 29.1 Å². The fourth-order valence-corrected chi connectivity index (χ4v) is 1.71. The number of aryl methyl sites for hydroxylation is 1. The molecule has 1 atom stereocenters. The molecule has 1 aromatic carbocycles. The van der Waals surface area contributed by atoms with Gasteiger partial charge in [-0.1, -0.05) is 17.7 Å². The van der Waals surface area contributed by atoms with Gasteiger partial charge in [-0.25, -0.2) is 0 Å². The highest BCUT2D eigenvalue weighted by Crippen LogP contribution is 2.33. The lowest BCUT2D eigenvalue weighted by atomic mass is 9.96. The highest BCUT2D eigenvalue weighted by atomic mass is 16.1. The third-order valence-electron chi connectivity index (χ3n) is 2.69. The number of Topliss-reactive ketones (excluding diaryl/α,β-unsaturated/α-hetero) is 1. The molecule has 1 aliphatic rings. The Kier molecular flexibility index (Phi) is 1.74. The molecule has 0 bridgehead atoms. The second kappa shape index (κ2) is 2.71. The number of carbonyl (C=O) groups excluding carboxylic acids is 1. The Labute approximate surface area is 83.6 Å². The monoisotopic (exact) mass is 187 g/mol. The van der Waals surface area contributed by atoms with Crippen LogP contribution in [0.1, 0.15) is 22.8 Å². The molecule has 1 unspecified atom stereocenters. The lowest BCUT2D eigenvalue weighted by Gasteiger charge is -2.17. The van der Waals surface area contributed by atoms with Crippen LogP contribution in [0.15, 0.2) is 30.9 Å². The molecule has 72 valence electrons. The van der Waals surface area contributed by atoms with Crippen molar-refractivity contribution in [3.05, 3.63) is 42.0 Å². The molecular formula is C12H13NO. The van der Waals surface area contributed by atoms with Crippen LogP contribution in [0.2, 0.25) is 0 Å². The van der Waals surface area contributed by atoms with E-state index < -0.39 is 5.54 Å². The van der Waals surface area contributed by atoms with Crippen LogP contribution in [0.3, 0.4) is 0 Å². The Bertz CT molecular complexity index is 422. The van der Waals surface area contributed by atoms with E-state index in [1.54, 1.807) is 6.08 Å². The number of ketones is 1. The Morgan fingerprint density at radius 2 is 2.21 bits per heavy atom. The Morgan fingerprint density at radius 1 is 1.50 bits per heavy atom. The van der Waals surface area contributed by atoms with Gasteiger partial charge in [-0.05, 0) is 26.0 Å². The first kappa shape index (κ1) is 9.00. The van der Waals surface area contributed by atoms with Gasteiger partial charge >= 0.3 is 0 Å². The van der Waals surface area contributed by atoms with E-state index in [1.165, 1.54) is 0 Å². The molecule has 0 aromatic heterocycles. The Hall–Kier alpha value is -1.57. The number of hydrogen-bond acceptors (Lipinski definition) is 2. The number of nitrogens with one attached hydrogen (secondary N) is 1. The average Bonchev–Trinajstić information content (AvgIpc) is 2.42. The summed E-state index contributed by atoms with van der Waals surface area (Å²) >= 11 is 0. The molecule has 0 fully saturated rings. The van der Waals surface area contributed by atoms with Crippen molar-refractivity contribution in [2.45, 2.75) is 19.4 Å². The minimum absolute atomic E-state index is 0.103. The van der Waals surface area contributed by atoms with Crippen molar-refractivity contribution in [3.63, 3.8) is 0 Å². The molecule has 14 heavy (non-hydrogen) atoms. The second-order valence-electron chi connectivity index (χ2n) is 3.91. The number of benzene rings is 1. The molecule has 0 amide bonds. The van der Waals surface area contributed by atoms with E-state index in [2.05, 4.69) is 11.9 Å². The Balaban J connectivity index is 2.56. The van der Waals surface area contributed by atoms with Crippen LogP contribution in [0, 0.1) is 6.92 Å². The molecule has 0 saturated carbocycles. The third-order valence-corrected chi connectivity index (χ3v) is 2.69. The van der Waals surface area contributed by atoms with Crippen molar-refractivity contribution in [1.29, 1.82) is 0 Å². The van der Waals surface area contributed by atoms with Crippen LogP contribution in [0.4, 0.5) is 5.69 Å². The zero-order valence-electron chi connectivity index (χ0n) is 8.42. The maximum absolute atomic E-state index is 12.0. The van der Waals surface area contributed by atoms with Gasteiger partial charge in [0.25, 0.3) is 0 Å². The SMILES string of the molecule is C=CC1(C)Nc2ccc(C)cc2C1=O. The van der Waals surface area contributed by atoms with Crippen molar-refractivity contribution in [3.8, 4) is 0 Å². The van der Waals surface area contributed by atoms with E-state index in [1.807, 2.05) is 32.0 Å². The van der Waals surface area contributed by atoms with Gasteiger partial charge in [0, 0.05) is 11.3 Å². The number of rotatable bonds is 1. The van der Waals surface area contributed by atoms with Crippen LogP contribution in [0.5, 0.6) is 0 Å². The van der Waals surface area contributed by atoms with Gasteiger partial charge in [-0.2, -0.15) is 0 Å². The number of anilines is 1. The molecular weight excluding hydrogens is 174 g/mol. The normalized spacial score (nSPS) is 24.3. The van der Waals surface area contributed by atoms with Gasteiger partial charge in [-0.15, -0.1) is 6.58 Å². The van der Waals surface area contributed by atoms with Crippen molar-refractivity contribution >= 4 is 11.5 Å². The van der Waals surface area contributed by atoms with Gasteiger partial charge in [0.1, 0.15) is 5.54 Å². The molecule has 0 spiro atoms. The molecule has 0 radical (unpaired) electrons. The van der Waals surface area contributed by atoms with E-state index in [0.29, 0.717) is 0 Å². The number of carbonyl (C=O) groups is 1. The summed E-state index contributed by atoms with van der Waals surface area (Å²) in [4.78, 5) is 12.0. The van der Waals surface area contributed by atoms with Crippen LogP contribution in [-0.2, 0) is 0 Å². The average molecular weight is 187 g/mol. The summed E-state index contributed by atoms with van der Waals surface area (Å²) < 4.78 is 0. The maximum atomic E-state index is 12.0. The summed E-state index contributed by atoms with van der Waals surface area (Å²) in [5, 5.41) is 3.17. The van der Waals surface area contributed by atoms with Crippen molar-refractivity contribution in [2.75, 3.05) is 5.32 Å². The van der Waals surface area contributed by atoms with Gasteiger partial charge in [0.05, 0.1) is 0 Å². The summed E-state index contributed by atoms with van der Waals surface area (Å²) in [7, 11) is 0. The summed E-state index contributed by atoms with van der Waals surface area (Å²) in [5.41, 5.74) is 2.15. The molecule has 1 heterocycles. The standard InChI is InChI=1S/C12H13NO/c1-4-12(3)11(14)9-7-8(2)5-6-10(9)13-12/h4-7,13H,1H2,2-3H3. The van der Waals surface area contributed by atoms with Gasteiger partial charge in [0.2, 0.25) is 0 Å². The summed E-state index contributed by atoms with van der Waals surface area (Å²) in [6, 6.07) is 5.85. The van der Waals surface area contributed by atoms with Crippen molar-refractivity contribution in [1.82, 2.24) is 0 Å². The molecule has 1 aliphatic heterocycles. The van der Waals surface area contributed by atoms with Gasteiger partial charge in [-0.3, -0.25) is 4.79 Å². The molecule has 2 nitrogen and oxygen atoms in total. The zero-order chi connectivity index (χ0) is 10.3. The fraction of sp³-hybridized carbons (Fsp3) is 0.250. The zero-order valence-corrected chi connectivity index (χ0v) is 8.42. The van der Waals surface area contributed by atoms with E-state index >= 15 is 0 Å². The van der Waals surface area contributed by atoms with Crippen LogP contribution in [0.25, 0.3) is 0 Å². The third kappa shape index (κ3) is 1.07. The van der Waals surface area contributed by atoms with E-state index in [4.69, 9.17) is 0 Å². The van der Waals surface area contributed by atoms with Crippen LogP contribution in [-0.4, -0.2) is 11.3 Å². The smallest absolute Gasteiger partial charge is 0.193 e. The minimum Gasteiger partial charge on any atom is -0.369 e. The molecule has 2 heteroatoms. The molecule has 1 aromatic rings. The van der Waals surface area contributed by atoms with Gasteiger partial charge in [0.15, 0.2) is 5.78 Å². The first-order chi connectivity index (χ1) is 6.57. The maximum Gasteiger partial charge on any atom is 0.193 e. The first-order valence-electron chi connectivity index (χ1n) is 4.64. The quantitative estimate of drug-likeness (QED) is 0.684. The molecule has 1 N–H and O–H groups in total. The molecule has 2 rings (SSSR count). The van der Waals surface area contributed by atoms with Crippen molar-refractivity contribution < 1.29 is 4.79 Å². The predicted octanol–water partition coefficient (Wildman–Crippen LogP) is 2.55. The fourth-order valence-electron chi connectivity index (χ4n) is 1.71. The van der Waals surface area contributed by atoms with E-state index in [9.17, 15) is 4.79 Å². The highest BCUT2D eigenvalue weighted by Gasteiger charge is 2.38. The molecule has 0 saturated heterocycles. The van der Waals surface area contributed by atoms with Gasteiger partial charge < -0.3 is 5.32 Å². The lowest BCUT2D eigenvalue weighted by molar-refractivity contribution is 0.0954. The lowest BCUT2D eigenvalue weighted by Crippen LogP contribution is -2.35. The van der Waals surface area contributed by atoms with E-state index in [-0.39, 0.29) is 5.78 Å². The number of hydrogen-bond donors (Lipinski definition) is 1. The van der Waals surface area contributed by atoms with Crippen molar-refractivity contribution in [2.24, 2.45) is 0 Å². The number of fused-ring (bicyclic) bond motifs is 1. The Morgan fingerprint density at radius 3 is 2.86 bits per heavy atom. The predicted molar refractivity (Wildman–Crippen MR) is 57.7 cm³/mol. The van der Waals surface area contributed by atoms with Crippen LogP contribution >= 0.6 is 0 Å². The second-order valence-corrected chi connectivity index (χ2v) is 3.91. The highest BCUT2D eigenvalue weighted by molar-refractivity contribution is 6.14. The van der Waals surface area contributed by atoms with Crippen LogP contribution < -0.4 is 5.32 Å². The summed E-state index contributed by atoms with van der Waals surface area (Å²) in [5.74, 6) is 0.103. The summed E-state index contributed by atoms with van der Waals surface area (Å²) in [6.45, 7) is 7.52. The summed E-state index contributed by atoms with van der Waals surface area (Å²) in [6.07, 6.45) is 1.66. The first-order valence-corrected chi connectivity index (χ1v) is 4.64. The minimum atomic E-state index is -0.629. The largest absolute Gasteiger partial charge is 0.369 e. The van der Waals surface area contributed by atoms with E-state index in [0.717, 1.165) is 16.8 Å².